The lowest BCUT2D eigenvalue weighted by Crippen LogP contribution is -2.17. The molecule has 7 nitrogen and oxygen atoms in total. The van der Waals surface area contributed by atoms with Gasteiger partial charge in [0, 0.05) is 11.8 Å². The van der Waals surface area contributed by atoms with Crippen molar-refractivity contribution in [3.05, 3.63) is 75.7 Å². The highest BCUT2D eigenvalue weighted by molar-refractivity contribution is 5.92. The number of carbonyl (C=O) groups excluding carboxylic acids is 1. The molecule has 1 aromatic carbocycles. The number of nitrogens with one attached hydrogen (secondary N) is 2. The molecule has 0 spiro atoms. The topological polar surface area (TPSA) is 108 Å². The smallest absolute Gasteiger partial charge is 0.418 e. The number of aromatic nitrogens is 2. The largest absolute Gasteiger partial charge is 0.488 e. The van der Waals surface area contributed by atoms with Crippen molar-refractivity contribution in [2.24, 2.45) is 0 Å². The molecule has 3 rings (SSSR count). The van der Waals surface area contributed by atoms with Crippen molar-refractivity contribution in [2.45, 2.75) is 25.9 Å². The molecule has 2 N–H and O–H groups in total. The fourth-order valence-corrected chi connectivity index (χ4v) is 3.16. The van der Waals surface area contributed by atoms with Gasteiger partial charge in [0.25, 0.3) is 5.56 Å². The summed E-state index contributed by atoms with van der Waals surface area (Å²) in [6.45, 7) is 1.99. The highest BCUT2D eigenvalue weighted by Gasteiger charge is 2.34. The summed E-state index contributed by atoms with van der Waals surface area (Å²) in [4.78, 5) is 30.2. The van der Waals surface area contributed by atoms with Gasteiger partial charge in [-0.3, -0.25) is 14.6 Å². The Hall–Kier alpha value is -3.91. The monoisotopic (exact) mass is 510 g/mol. The molecule has 0 aliphatic heterocycles. The molecule has 0 atom stereocenters. The van der Waals surface area contributed by atoms with Gasteiger partial charge in [-0.2, -0.15) is 18.4 Å². The lowest BCUT2D eigenvalue weighted by atomic mass is 10.0. The average Bonchev–Trinajstić information content (AvgIpc) is 2.77. The van der Waals surface area contributed by atoms with Gasteiger partial charge in [0.1, 0.15) is 5.82 Å². The first-order chi connectivity index (χ1) is 16.1. The molecular weight excluding hydrogens is 492 g/mol. The van der Waals surface area contributed by atoms with Crippen LogP contribution in [-0.2, 0) is 23.8 Å². The van der Waals surface area contributed by atoms with Crippen LogP contribution < -0.4 is 15.6 Å². The van der Waals surface area contributed by atoms with E-state index in [2.05, 4.69) is 15.3 Å². The van der Waals surface area contributed by atoms with Crippen molar-refractivity contribution >= 4 is 24.0 Å². The summed E-state index contributed by atoms with van der Waals surface area (Å²) in [6.07, 6.45) is -3.34. The van der Waals surface area contributed by atoms with Crippen molar-refractivity contribution in [2.75, 3.05) is 11.9 Å². The molecular formula is C23H19ClF4N4O3. The van der Waals surface area contributed by atoms with Crippen molar-refractivity contribution in [1.82, 2.24) is 9.97 Å². The Morgan fingerprint density at radius 1 is 1.23 bits per heavy atom. The van der Waals surface area contributed by atoms with Crippen molar-refractivity contribution < 1.29 is 27.1 Å². The second-order valence-corrected chi connectivity index (χ2v) is 7.10. The number of rotatable bonds is 7. The third-order valence-electron chi connectivity index (χ3n) is 4.71. The number of amides is 1. The molecule has 2 heterocycles. The molecule has 0 unspecified atom stereocenters. The van der Waals surface area contributed by atoms with Crippen LogP contribution in [0.1, 0.15) is 23.7 Å². The number of anilines is 1. The first-order valence-corrected chi connectivity index (χ1v) is 9.99. The predicted molar refractivity (Wildman–Crippen MR) is 122 cm³/mol. The number of benzene rings is 1. The predicted octanol–water partition coefficient (Wildman–Crippen LogP) is 4.66. The molecule has 184 valence electrons. The standard InChI is InChI=1S/C23H18F4N4O3.ClH/c1-2-34-20-8-15(11-30-22(20)33)13-3-4-14(18(24)7-13)9-21(32)31-16-10-17(23(25,26)27)19(5-6-28)29-12-16;/h3-4,7-8,10-12H,2,5,9H2,1H3,(H,30,33)(H,31,32);1H. The number of hydrogen-bond acceptors (Lipinski definition) is 5. The zero-order valence-electron chi connectivity index (χ0n) is 18.2. The minimum absolute atomic E-state index is 0. The lowest BCUT2D eigenvalue weighted by Gasteiger charge is -2.13. The molecule has 12 heteroatoms. The fraction of sp³-hybridized carbons (Fsp3) is 0.217. The van der Waals surface area contributed by atoms with Crippen LogP contribution in [0.3, 0.4) is 0 Å². The zero-order valence-corrected chi connectivity index (χ0v) is 19.0. The van der Waals surface area contributed by atoms with Crippen LogP contribution in [0.5, 0.6) is 5.75 Å². The van der Waals surface area contributed by atoms with E-state index in [-0.39, 0.29) is 36.0 Å². The van der Waals surface area contributed by atoms with Crippen molar-refractivity contribution in [1.29, 1.82) is 5.26 Å². The minimum atomic E-state index is -4.76. The molecule has 0 bridgehead atoms. The maximum Gasteiger partial charge on any atom is 0.418 e. The molecule has 0 fully saturated rings. The first-order valence-electron chi connectivity index (χ1n) is 9.99. The summed E-state index contributed by atoms with van der Waals surface area (Å²) < 4.78 is 59.5. The van der Waals surface area contributed by atoms with E-state index in [0.29, 0.717) is 17.2 Å². The molecule has 1 amide bonds. The number of nitriles is 1. The van der Waals surface area contributed by atoms with Gasteiger partial charge in [-0.25, -0.2) is 4.39 Å². The van der Waals surface area contributed by atoms with Crippen LogP contribution in [0.25, 0.3) is 11.1 Å². The third-order valence-corrected chi connectivity index (χ3v) is 4.71. The summed E-state index contributed by atoms with van der Waals surface area (Å²) in [5.74, 6) is -1.39. The minimum Gasteiger partial charge on any atom is -0.488 e. The highest BCUT2D eigenvalue weighted by Crippen LogP contribution is 2.33. The maximum absolute atomic E-state index is 14.6. The van der Waals surface area contributed by atoms with E-state index in [0.717, 1.165) is 6.20 Å². The van der Waals surface area contributed by atoms with Gasteiger partial charge in [0.15, 0.2) is 5.75 Å². The third kappa shape index (κ3) is 6.80. The van der Waals surface area contributed by atoms with Gasteiger partial charge in [-0.1, -0.05) is 12.1 Å². The number of nitrogens with zero attached hydrogens (tertiary/aromatic N) is 2. The molecule has 0 aliphatic rings. The van der Waals surface area contributed by atoms with Crippen LogP contribution in [0, 0.1) is 17.1 Å². The Balaban J connectivity index is 0.00000432. The lowest BCUT2D eigenvalue weighted by molar-refractivity contribution is -0.138. The summed E-state index contributed by atoms with van der Waals surface area (Å²) in [5.41, 5.74) is -1.32. The van der Waals surface area contributed by atoms with E-state index in [9.17, 15) is 27.2 Å². The van der Waals surface area contributed by atoms with Gasteiger partial charge < -0.3 is 15.0 Å². The summed E-state index contributed by atoms with van der Waals surface area (Å²) >= 11 is 0. The molecule has 0 aliphatic carbocycles. The number of aromatic amines is 1. The SMILES string of the molecule is CCOc1cc(-c2ccc(CC(=O)Nc3cnc(CC#N)c(C(F)(F)F)c3)c(F)c2)c[nH]c1=O.Cl. The second-order valence-electron chi connectivity index (χ2n) is 7.10. The molecule has 35 heavy (non-hydrogen) atoms. The van der Waals surface area contributed by atoms with Crippen LogP contribution in [0.2, 0.25) is 0 Å². The molecule has 0 saturated heterocycles. The quantitative estimate of drug-likeness (QED) is 0.449. The van der Waals surface area contributed by atoms with Gasteiger partial charge in [0.2, 0.25) is 5.91 Å². The van der Waals surface area contributed by atoms with E-state index in [1.807, 2.05) is 0 Å². The first kappa shape index (κ1) is 27.3. The molecule has 0 radical (unpaired) electrons. The highest BCUT2D eigenvalue weighted by atomic mass is 35.5. The number of halogens is 5. The van der Waals surface area contributed by atoms with E-state index in [1.54, 1.807) is 13.0 Å². The number of hydrogen-bond donors (Lipinski definition) is 2. The summed E-state index contributed by atoms with van der Waals surface area (Å²) in [6, 6.07) is 7.83. The van der Waals surface area contributed by atoms with Crippen LogP contribution in [-0.4, -0.2) is 22.5 Å². The second kappa shape index (κ2) is 11.5. The molecule has 2 aromatic heterocycles. The van der Waals surface area contributed by atoms with E-state index in [4.69, 9.17) is 10.00 Å². The van der Waals surface area contributed by atoms with E-state index < -0.39 is 47.6 Å². The molecule has 3 aromatic rings. The Morgan fingerprint density at radius 2 is 1.97 bits per heavy atom. The van der Waals surface area contributed by atoms with E-state index >= 15 is 0 Å². The number of alkyl halides is 3. The van der Waals surface area contributed by atoms with Gasteiger partial charge in [-0.05, 0) is 36.2 Å². The van der Waals surface area contributed by atoms with Crippen LogP contribution in [0.15, 0.2) is 47.5 Å². The average molecular weight is 511 g/mol. The molecule has 0 saturated carbocycles. The van der Waals surface area contributed by atoms with Gasteiger partial charge >= 0.3 is 6.18 Å². The fourth-order valence-electron chi connectivity index (χ4n) is 3.16. The Labute approximate surface area is 203 Å². The van der Waals surface area contributed by atoms with Crippen LogP contribution >= 0.6 is 12.4 Å². The van der Waals surface area contributed by atoms with Gasteiger partial charge in [0.05, 0.1) is 48.7 Å². The normalized spacial score (nSPS) is 10.7. The van der Waals surface area contributed by atoms with Crippen LogP contribution in [0.4, 0.5) is 23.2 Å². The summed E-state index contributed by atoms with van der Waals surface area (Å²) in [5, 5.41) is 10.9. The Kier molecular flexibility index (Phi) is 8.97. The Morgan fingerprint density at radius 3 is 2.60 bits per heavy atom. The van der Waals surface area contributed by atoms with E-state index in [1.165, 1.54) is 30.5 Å². The zero-order chi connectivity index (χ0) is 24.9. The summed E-state index contributed by atoms with van der Waals surface area (Å²) in [7, 11) is 0. The van der Waals surface area contributed by atoms with Crippen molar-refractivity contribution in [3.63, 3.8) is 0 Å². The maximum atomic E-state index is 14.6. The van der Waals surface area contributed by atoms with Gasteiger partial charge in [-0.15, -0.1) is 12.4 Å². The number of ether oxygens (including phenoxy) is 1. The van der Waals surface area contributed by atoms with Crippen molar-refractivity contribution in [3.8, 4) is 22.9 Å². The number of pyridine rings is 2. The Bertz CT molecular complexity index is 1320. The number of H-pyrrole nitrogens is 1. The number of carbonyl (C=O) groups is 1.